The third kappa shape index (κ3) is 3.56. The summed E-state index contributed by atoms with van der Waals surface area (Å²) in [5.41, 5.74) is 0.510. The molecule has 19 heavy (non-hydrogen) atoms. The molecule has 0 aromatic carbocycles. The van der Waals surface area contributed by atoms with Gasteiger partial charge in [-0.15, -0.1) is 0 Å². The molecular formula is C13H19N3O3. The number of amides is 1. The maximum absolute atomic E-state index is 11.9. The van der Waals surface area contributed by atoms with Crippen molar-refractivity contribution < 1.29 is 14.7 Å². The smallest absolute Gasteiger partial charge is 0.305 e. The summed E-state index contributed by atoms with van der Waals surface area (Å²) < 4.78 is 1.70. The van der Waals surface area contributed by atoms with Crippen LogP contribution in [0, 0.1) is 0 Å². The van der Waals surface area contributed by atoms with Crippen molar-refractivity contribution in [3.05, 3.63) is 18.0 Å². The molecule has 1 aromatic heterocycles. The molecule has 2 N–H and O–H groups in total. The molecule has 0 unspecified atom stereocenters. The number of aryl methyl sites for hydroxylation is 2. The Bertz CT molecular complexity index is 477. The van der Waals surface area contributed by atoms with Crippen LogP contribution >= 0.6 is 0 Å². The molecule has 104 valence electrons. The molecule has 0 saturated heterocycles. The van der Waals surface area contributed by atoms with E-state index in [4.69, 9.17) is 5.11 Å². The van der Waals surface area contributed by atoms with Crippen LogP contribution in [0.25, 0.3) is 0 Å². The Kier molecular flexibility index (Phi) is 3.87. The highest BCUT2D eigenvalue weighted by Crippen LogP contribution is 2.34. The molecule has 2 rings (SSSR count). The van der Waals surface area contributed by atoms with E-state index in [2.05, 4.69) is 10.4 Å². The van der Waals surface area contributed by atoms with Crippen molar-refractivity contribution in [2.75, 3.05) is 0 Å². The van der Waals surface area contributed by atoms with E-state index in [9.17, 15) is 9.59 Å². The third-order valence-corrected chi connectivity index (χ3v) is 3.60. The van der Waals surface area contributed by atoms with Crippen LogP contribution in [-0.4, -0.2) is 32.3 Å². The molecule has 0 spiro atoms. The van der Waals surface area contributed by atoms with Gasteiger partial charge in [0.15, 0.2) is 0 Å². The predicted molar refractivity (Wildman–Crippen MR) is 68.5 cm³/mol. The van der Waals surface area contributed by atoms with E-state index in [0.29, 0.717) is 12.8 Å². The summed E-state index contributed by atoms with van der Waals surface area (Å²) in [5, 5.41) is 15.8. The van der Waals surface area contributed by atoms with Crippen LogP contribution in [0.3, 0.4) is 0 Å². The predicted octanol–water partition coefficient (Wildman–Crippen LogP) is 0.866. The molecule has 1 fully saturated rings. The number of hydrogen-bond donors (Lipinski definition) is 2. The normalized spacial score (nSPS) is 16.7. The van der Waals surface area contributed by atoms with Crippen LogP contribution in [0.5, 0.6) is 0 Å². The first kappa shape index (κ1) is 13.6. The van der Waals surface area contributed by atoms with Crippen LogP contribution in [0.15, 0.2) is 12.4 Å². The van der Waals surface area contributed by atoms with E-state index in [1.54, 1.807) is 10.9 Å². The Morgan fingerprint density at radius 3 is 2.74 bits per heavy atom. The SMILES string of the molecule is Cn1cc(CCC(=O)NC2(CC(=O)O)CCC2)cn1. The third-order valence-electron chi connectivity index (χ3n) is 3.60. The number of nitrogens with zero attached hydrogens (tertiary/aromatic N) is 2. The van der Waals surface area contributed by atoms with Gasteiger partial charge in [-0.2, -0.15) is 5.10 Å². The lowest BCUT2D eigenvalue weighted by Crippen LogP contribution is -2.54. The molecule has 1 aromatic rings. The second-order valence-corrected chi connectivity index (χ2v) is 5.27. The fourth-order valence-electron chi connectivity index (χ4n) is 2.46. The molecule has 0 aliphatic heterocycles. The zero-order chi connectivity index (χ0) is 13.9. The van der Waals surface area contributed by atoms with Gasteiger partial charge in [0.2, 0.25) is 5.91 Å². The Balaban J connectivity index is 1.81. The van der Waals surface area contributed by atoms with Crippen molar-refractivity contribution in [2.24, 2.45) is 7.05 Å². The van der Waals surface area contributed by atoms with Crippen molar-refractivity contribution in [2.45, 2.75) is 44.1 Å². The Hall–Kier alpha value is -1.85. The van der Waals surface area contributed by atoms with E-state index >= 15 is 0 Å². The summed E-state index contributed by atoms with van der Waals surface area (Å²) in [6, 6.07) is 0. The highest BCUT2D eigenvalue weighted by atomic mass is 16.4. The van der Waals surface area contributed by atoms with Crippen LogP contribution in [0.2, 0.25) is 0 Å². The quantitative estimate of drug-likeness (QED) is 0.799. The molecule has 6 heteroatoms. The molecule has 1 amide bonds. The first-order valence-corrected chi connectivity index (χ1v) is 6.49. The second-order valence-electron chi connectivity index (χ2n) is 5.27. The molecule has 6 nitrogen and oxygen atoms in total. The fourth-order valence-corrected chi connectivity index (χ4v) is 2.46. The van der Waals surface area contributed by atoms with Crippen LogP contribution in [-0.2, 0) is 23.1 Å². The second kappa shape index (κ2) is 5.42. The van der Waals surface area contributed by atoms with E-state index in [1.165, 1.54) is 0 Å². The van der Waals surface area contributed by atoms with Gasteiger partial charge in [0, 0.05) is 19.7 Å². The monoisotopic (exact) mass is 265 g/mol. The van der Waals surface area contributed by atoms with E-state index in [1.807, 2.05) is 13.2 Å². The average Bonchev–Trinajstić information content (AvgIpc) is 2.69. The first-order valence-electron chi connectivity index (χ1n) is 6.49. The lowest BCUT2D eigenvalue weighted by Gasteiger charge is -2.41. The van der Waals surface area contributed by atoms with Crippen LogP contribution in [0.1, 0.15) is 37.7 Å². The summed E-state index contributed by atoms with van der Waals surface area (Å²) in [6.07, 6.45) is 7.14. The summed E-state index contributed by atoms with van der Waals surface area (Å²) >= 11 is 0. The van der Waals surface area contributed by atoms with Crippen LogP contribution in [0.4, 0.5) is 0 Å². The molecule has 0 radical (unpaired) electrons. The van der Waals surface area contributed by atoms with Crippen LogP contribution < -0.4 is 5.32 Å². The number of nitrogens with one attached hydrogen (secondary N) is 1. The minimum atomic E-state index is -0.854. The van der Waals surface area contributed by atoms with E-state index in [0.717, 1.165) is 24.8 Å². The van der Waals surface area contributed by atoms with Gasteiger partial charge in [-0.1, -0.05) is 0 Å². The largest absolute Gasteiger partial charge is 0.481 e. The van der Waals surface area contributed by atoms with E-state index in [-0.39, 0.29) is 12.3 Å². The van der Waals surface area contributed by atoms with Gasteiger partial charge < -0.3 is 10.4 Å². The van der Waals surface area contributed by atoms with Gasteiger partial charge in [0.1, 0.15) is 0 Å². The number of aromatic nitrogens is 2. The number of carboxylic acid groups (broad SMARTS) is 1. The average molecular weight is 265 g/mol. The number of carbonyl (C=O) groups excluding carboxylic acids is 1. The zero-order valence-electron chi connectivity index (χ0n) is 11.1. The standard InChI is InChI=1S/C13H19N3O3/c1-16-9-10(8-14-16)3-4-11(17)15-13(5-2-6-13)7-12(18)19/h8-9H,2-7H2,1H3,(H,15,17)(H,18,19). The van der Waals surface area contributed by atoms with Gasteiger partial charge in [-0.3, -0.25) is 14.3 Å². The van der Waals surface area contributed by atoms with Gasteiger partial charge in [-0.25, -0.2) is 0 Å². The van der Waals surface area contributed by atoms with Gasteiger partial charge in [0.25, 0.3) is 0 Å². The van der Waals surface area contributed by atoms with E-state index < -0.39 is 11.5 Å². The molecule has 1 heterocycles. The molecule has 1 aliphatic rings. The molecule has 0 bridgehead atoms. The Morgan fingerprint density at radius 2 is 2.26 bits per heavy atom. The number of carboxylic acids is 1. The fraction of sp³-hybridized carbons (Fsp3) is 0.615. The minimum Gasteiger partial charge on any atom is -0.481 e. The van der Waals surface area contributed by atoms with Gasteiger partial charge in [-0.05, 0) is 31.2 Å². The highest BCUT2D eigenvalue weighted by Gasteiger charge is 2.40. The number of hydrogen-bond acceptors (Lipinski definition) is 3. The highest BCUT2D eigenvalue weighted by molar-refractivity contribution is 5.78. The van der Waals surface area contributed by atoms with Gasteiger partial charge in [0.05, 0.1) is 18.2 Å². The number of rotatable bonds is 6. The molecule has 1 aliphatic carbocycles. The maximum Gasteiger partial charge on any atom is 0.305 e. The minimum absolute atomic E-state index is 0.0195. The van der Waals surface area contributed by atoms with Crippen molar-refractivity contribution in [3.63, 3.8) is 0 Å². The first-order chi connectivity index (χ1) is 8.99. The summed E-state index contributed by atoms with van der Waals surface area (Å²) in [4.78, 5) is 22.7. The van der Waals surface area contributed by atoms with Crippen molar-refractivity contribution in [1.82, 2.24) is 15.1 Å². The van der Waals surface area contributed by atoms with Crippen molar-refractivity contribution in [1.29, 1.82) is 0 Å². The van der Waals surface area contributed by atoms with Crippen molar-refractivity contribution >= 4 is 11.9 Å². The lowest BCUT2D eigenvalue weighted by molar-refractivity contribution is -0.140. The van der Waals surface area contributed by atoms with Gasteiger partial charge >= 0.3 is 5.97 Å². The summed E-state index contributed by atoms with van der Waals surface area (Å²) in [7, 11) is 1.83. The molecule has 0 atom stereocenters. The molecular weight excluding hydrogens is 246 g/mol. The van der Waals surface area contributed by atoms with Crippen molar-refractivity contribution in [3.8, 4) is 0 Å². The zero-order valence-corrected chi connectivity index (χ0v) is 11.1. The topological polar surface area (TPSA) is 84.2 Å². The summed E-state index contributed by atoms with van der Waals surface area (Å²) in [5.74, 6) is -0.933. The summed E-state index contributed by atoms with van der Waals surface area (Å²) in [6.45, 7) is 0. The Morgan fingerprint density at radius 1 is 1.53 bits per heavy atom. The lowest BCUT2D eigenvalue weighted by atomic mass is 9.74. The molecule has 1 saturated carbocycles. The maximum atomic E-state index is 11.9. The number of aliphatic carboxylic acids is 1. The number of carbonyl (C=O) groups is 2. The Labute approximate surface area is 111 Å².